The highest BCUT2D eigenvalue weighted by molar-refractivity contribution is 9.10. The average molecular weight is 269 g/mol. The number of pyridine rings is 1. The van der Waals surface area contributed by atoms with E-state index in [4.69, 9.17) is 0 Å². The Bertz CT molecular complexity index is 493. The van der Waals surface area contributed by atoms with Gasteiger partial charge in [0.1, 0.15) is 0 Å². The number of hydrogen-bond donors (Lipinski definition) is 1. The maximum atomic E-state index is 9.82. The van der Waals surface area contributed by atoms with Gasteiger partial charge in [-0.3, -0.25) is 0 Å². The van der Waals surface area contributed by atoms with Crippen LogP contribution in [0.15, 0.2) is 22.9 Å². The van der Waals surface area contributed by atoms with E-state index in [2.05, 4.69) is 20.9 Å². The van der Waals surface area contributed by atoms with Gasteiger partial charge in [-0.2, -0.15) is 0 Å². The van der Waals surface area contributed by atoms with Crippen molar-refractivity contribution < 1.29 is 5.11 Å². The number of hydrogen-bond acceptors (Lipinski definition) is 2. The molecule has 1 N–H and O–H groups in total. The smallest absolute Gasteiger partial charge is 0.151 e. The zero-order valence-electron chi connectivity index (χ0n) is 8.74. The minimum Gasteiger partial charge on any atom is -0.387 e. The summed E-state index contributed by atoms with van der Waals surface area (Å²) in [6.07, 6.45) is 3.96. The highest BCUT2D eigenvalue weighted by atomic mass is 79.9. The molecule has 4 heteroatoms. The second kappa shape index (κ2) is 3.94. The van der Waals surface area contributed by atoms with Crippen molar-refractivity contribution in [3.8, 4) is 0 Å². The Balaban J connectivity index is 2.68. The van der Waals surface area contributed by atoms with E-state index in [0.717, 1.165) is 21.4 Å². The number of aryl methyl sites for hydroxylation is 1. The summed E-state index contributed by atoms with van der Waals surface area (Å²) in [7, 11) is 0. The predicted octanol–water partition coefficient (Wildman–Crippen LogP) is 2.85. The fourth-order valence-corrected chi connectivity index (χ4v) is 2.30. The molecule has 2 aromatic rings. The van der Waals surface area contributed by atoms with E-state index >= 15 is 0 Å². The molecule has 0 amide bonds. The van der Waals surface area contributed by atoms with Gasteiger partial charge in [-0.1, -0.05) is 6.92 Å². The SMILES string of the molecule is CCC(O)c1cnc2c(Br)cc(C)cn12. The number of aliphatic hydroxyl groups excluding tert-OH is 1. The number of aliphatic hydroxyl groups is 1. The summed E-state index contributed by atoms with van der Waals surface area (Å²) >= 11 is 3.47. The van der Waals surface area contributed by atoms with Crippen LogP contribution in [-0.4, -0.2) is 14.5 Å². The second-order valence-electron chi connectivity index (χ2n) is 3.67. The van der Waals surface area contributed by atoms with Gasteiger partial charge in [0.05, 0.1) is 22.5 Å². The van der Waals surface area contributed by atoms with Crippen LogP contribution in [-0.2, 0) is 0 Å². The summed E-state index contributed by atoms with van der Waals surface area (Å²) in [6.45, 7) is 3.97. The zero-order chi connectivity index (χ0) is 11.0. The molecule has 15 heavy (non-hydrogen) atoms. The quantitative estimate of drug-likeness (QED) is 0.910. The zero-order valence-corrected chi connectivity index (χ0v) is 10.3. The molecule has 0 bridgehead atoms. The van der Waals surface area contributed by atoms with Gasteiger partial charge in [0.25, 0.3) is 0 Å². The Kier molecular flexibility index (Phi) is 2.80. The summed E-state index contributed by atoms with van der Waals surface area (Å²) in [4.78, 5) is 4.28. The van der Waals surface area contributed by atoms with E-state index in [-0.39, 0.29) is 0 Å². The lowest BCUT2D eigenvalue weighted by Crippen LogP contribution is -2.00. The molecule has 0 aliphatic heterocycles. The molecule has 0 aliphatic rings. The van der Waals surface area contributed by atoms with Crippen LogP contribution in [0.5, 0.6) is 0 Å². The lowest BCUT2D eigenvalue weighted by Gasteiger charge is -2.08. The van der Waals surface area contributed by atoms with Crippen molar-refractivity contribution in [1.29, 1.82) is 0 Å². The molecular weight excluding hydrogens is 256 g/mol. The number of fused-ring (bicyclic) bond motifs is 1. The van der Waals surface area contributed by atoms with E-state index in [1.165, 1.54) is 0 Å². The average Bonchev–Trinajstić information content (AvgIpc) is 2.60. The summed E-state index contributed by atoms with van der Waals surface area (Å²) in [5, 5.41) is 9.82. The summed E-state index contributed by atoms with van der Waals surface area (Å²) in [5.74, 6) is 0. The molecule has 3 nitrogen and oxygen atoms in total. The first kappa shape index (κ1) is 10.6. The van der Waals surface area contributed by atoms with Gasteiger partial charge >= 0.3 is 0 Å². The van der Waals surface area contributed by atoms with Crippen LogP contribution >= 0.6 is 15.9 Å². The third-order valence-electron chi connectivity index (χ3n) is 2.45. The Morgan fingerprint density at radius 1 is 1.60 bits per heavy atom. The Labute approximate surface area is 96.9 Å². The molecule has 0 aliphatic carbocycles. The lowest BCUT2D eigenvalue weighted by molar-refractivity contribution is 0.168. The highest BCUT2D eigenvalue weighted by Crippen LogP contribution is 2.23. The van der Waals surface area contributed by atoms with Crippen LogP contribution in [0.25, 0.3) is 5.65 Å². The molecule has 0 radical (unpaired) electrons. The molecule has 0 saturated heterocycles. The first-order chi connectivity index (χ1) is 7.13. The van der Waals surface area contributed by atoms with E-state index in [9.17, 15) is 5.11 Å². The third kappa shape index (κ3) is 1.79. The van der Waals surface area contributed by atoms with Crippen LogP contribution in [0, 0.1) is 6.92 Å². The van der Waals surface area contributed by atoms with Crippen LogP contribution < -0.4 is 0 Å². The maximum absolute atomic E-state index is 9.82. The number of rotatable bonds is 2. The van der Waals surface area contributed by atoms with E-state index in [1.54, 1.807) is 6.20 Å². The van der Waals surface area contributed by atoms with Gasteiger partial charge in [-0.15, -0.1) is 0 Å². The Morgan fingerprint density at radius 2 is 2.33 bits per heavy atom. The van der Waals surface area contributed by atoms with Gasteiger partial charge in [-0.25, -0.2) is 4.98 Å². The molecule has 2 rings (SSSR count). The van der Waals surface area contributed by atoms with E-state index < -0.39 is 6.10 Å². The van der Waals surface area contributed by atoms with Crippen molar-refractivity contribution in [3.05, 3.63) is 34.2 Å². The van der Waals surface area contributed by atoms with Gasteiger partial charge in [0.2, 0.25) is 0 Å². The van der Waals surface area contributed by atoms with E-state index in [1.807, 2.05) is 30.5 Å². The van der Waals surface area contributed by atoms with Crippen LogP contribution in [0.2, 0.25) is 0 Å². The minimum absolute atomic E-state index is 0.450. The number of aromatic nitrogens is 2. The standard InChI is InChI=1S/C11H13BrN2O/c1-3-10(15)9-5-13-11-8(12)4-7(2)6-14(9)11/h4-6,10,15H,3H2,1-2H3. The minimum atomic E-state index is -0.450. The number of halogens is 1. The van der Waals surface area contributed by atoms with Crippen LogP contribution in [0.1, 0.15) is 30.7 Å². The fourth-order valence-electron chi connectivity index (χ4n) is 1.65. The topological polar surface area (TPSA) is 37.5 Å². The molecule has 0 aromatic carbocycles. The Hall–Kier alpha value is -0.870. The van der Waals surface area contributed by atoms with Crippen molar-refractivity contribution in [2.75, 3.05) is 0 Å². The van der Waals surface area contributed by atoms with E-state index in [0.29, 0.717) is 6.42 Å². The molecule has 2 aromatic heterocycles. The first-order valence-electron chi connectivity index (χ1n) is 4.94. The molecule has 0 saturated carbocycles. The lowest BCUT2D eigenvalue weighted by atomic mass is 10.2. The van der Waals surface area contributed by atoms with Crippen molar-refractivity contribution in [2.45, 2.75) is 26.4 Å². The van der Waals surface area contributed by atoms with Gasteiger partial charge in [-0.05, 0) is 40.9 Å². The first-order valence-corrected chi connectivity index (χ1v) is 5.74. The molecule has 0 spiro atoms. The van der Waals surface area contributed by atoms with Crippen LogP contribution in [0.4, 0.5) is 0 Å². The number of nitrogens with zero attached hydrogens (tertiary/aromatic N) is 2. The molecule has 1 atom stereocenters. The number of imidazole rings is 1. The maximum Gasteiger partial charge on any atom is 0.151 e. The molecule has 2 heterocycles. The van der Waals surface area contributed by atoms with Gasteiger partial charge in [0, 0.05) is 6.20 Å². The molecular formula is C11H13BrN2O. The second-order valence-corrected chi connectivity index (χ2v) is 4.52. The fraction of sp³-hybridized carbons (Fsp3) is 0.364. The summed E-state index contributed by atoms with van der Waals surface area (Å²) in [5.41, 5.74) is 2.83. The van der Waals surface area contributed by atoms with Crippen molar-refractivity contribution >= 4 is 21.6 Å². The van der Waals surface area contributed by atoms with Gasteiger partial charge < -0.3 is 9.51 Å². The van der Waals surface area contributed by atoms with Crippen molar-refractivity contribution in [1.82, 2.24) is 9.38 Å². The van der Waals surface area contributed by atoms with Gasteiger partial charge in [0.15, 0.2) is 5.65 Å². The summed E-state index contributed by atoms with van der Waals surface area (Å²) in [6, 6.07) is 2.02. The summed E-state index contributed by atoms with van der Waals surface area (Å²) < 4.78 is 2.89. The normalized spacial score (nSPS) is 13.3. The molecule has 1 unspecified atom stereocenters. The van der Waals surface area contributed by atoms with Crippen molar-refractivity contribution in [2.24, 2.45) is 0 Å². The monoisotopic (exact) mass is 268 g/mol. The third-order valence-corrected chi connectivity index (χ3v) is 3.04. The largest absolute Gasteiger partial charge is 0.387 e. The highest BCUT2D eigenvalue weighted by Gasteiger charge is 2.12. The van der Waals surface area contributed by atoms with Crippen molar-refractivity contribution in [3.63, 3.8) is 0 Å². The molecule has 80 valence electrons. The predicted molar refractivity (Wildman–Crippen MR) is 62.9 cm³/mol. The van der Waals surface area contributed by atoms with Crippen LogP contribution in [0.3, 0.4) is 0 Å². The molecule has 0 fully saturated rings. The Morgan fingerprint density at radius 3 is 3.00 bits per heavy atom.